The lowest BCUT2D eigenvalue weighted by molar-refractivity contribution is -0.211. The minimum atomic E-state index is -1.43. The molecule has 5 aliphatic rings. The highest BCUT2D eigenvalue weighted by molar-refractivity contribution is 5.91. The molecule has 2 heterocycles. The van der Waals surface area contributed by atoms with Crippen LogP contribution in [0.25, 0.3) is 0 Å². The number of carbonyl (C=O) groups excluding carboxylic acids is 1. The lowest BCUT2D eigenvalue weighted by Crippen LogP contribution is -2.77. The smallest absolute Gasteiger partial charge is 0.177 e. The Labute approximate surface area is 145 Å². The third kappa shape index (κ3) is 1.22. The van der Waals surface area contributed by atoms with Gasteiger partial charge in [-0.1, -0.05) is 6.07 Å². The number of hydrogen-bond donors (Lipinski definition) is 3. The molecule has 2 bridgehead atoms. The molecular weight excluding hydrogens is 322 g/mol. The molecule has 0 aromatic heterocycles. The van der Waals surface area contributed by atoms with Crippen LogP contribution < -0.4 is 4.74 Å². The largest absolute Gasteiger partial charge is 0.504 e. The van der Waals surface area contributed by atoms with Gasteiger partial charge in [0.2, 0.25) is 0 Å². The summed E-state index contributed by atoms with van der Waals surface area (Å²) < 4.78 is 6.03. The summed E-state index contributed by atoms with van der Waals surface area (Å²) >= 11 is 0. The van der Waals surface area contributed by atoms with Gasteiger partial charge in [0.1, 0.15) is 5.60 Å². The first-order valence-corrected chi connectivity index (χ1v) is 9.09. The van der Waals surface area contributed by atoms with Crippen molar-refractivity contribution in [3.05, 3.63) is 23.3 Å². The molecule has 1 spiro atoms. The monoisotopic (exact) mass is 343 g/mol. The van der Waals surface area contributed by atoms with E-state index in [4.69, 9.17) is 4.74 Å². The van der Waals surface area contributed by atoms with Gasteiger partial charge in [-0.2, -0.15) is 0 Å². The van der Waals surface area contributed by atoms with E-state index in [-0.39, 0.29) is 36.0 Å². The van der Waals surface area contributed by atoms with Crippen LogP contribution in [0.2, 0.25) is 0 Å². The third-order valence-corrected chi connectivity index (χ3v) is 7.90. The van der Waals surface area contributed by atoms with E-state index in [1.165, 1.54) is 0 Å². The molecule has 132 valence electrons. The summed E-state index contributed by atoms with van der Waals surface area (Å²) in [5, 5.41) is 33.2. The molecule has 0 amide bonds. The number of benzene rings is 1. The molecule has 3 fully saturated rings. The molecule has 7 atom stereocenters. The molecule has 1 aromatic rings. The van der Waals surface area contributed by atoms with E-state index in [1.54, 1.807) is 6.07 Å². The van der Waals surface area contributed by atoms with E-state index < -0.39 is 23.2 Å². The van der Waals surface area contributed by atoms with Gasteiger partial charge < -0.3 is 20.1 Å². The van der Waals surface area contributed by atoms with Crippen molar-refractivity contribution in [2.45, 2.75) is 61.0 Å². The van der Waals surface area contributed by atoms with Gasteiger partial charge in [0.15, 0.2) is 23.4 Å². The topological polar surface area (TPSA) is 90.2 Å². The molecule has 1 aromatic carbocycles. The molecule has 6 nitrogen and oxygen atoms in total. The number of likely N-dealkylation sites (N-methyl/N-ethyl adjacent to an activating group) is 1. The highest BCUT2D eigenvalue weighted by atomic mass is 16.5. The van der Waals surface area contributed by atoms with Gasteiger partial charge in [0, 0.05) is 24.1 Å². The zero-order chi connectivity index (χ0) is 17.3. The quantitative estimate of drug-likeness (QED) is 0.619. The van der Waals surface area contributed by atoms with Crippen molar-refractivity contribution in [2.24, 2.45) is 5.92 Å². The zero-order valence-corrected chi connectivity index (χ0v) is 14.0. The van der Waals surface area contributed by atoms with Crippen LogP contribution in [-0.2, 0) is 16.6 Å². The Morgan fingerprint density at radius 2 is 2.16 bits per heavy atom. The SMILES string of the molecule is CN1C2CCc3ccc(O)c4c3C35C2C[C@@H]1C3(O)C(O)CC(=O)[C@@H]5O4. The zero-order valence-electron chi connectivity index (χ0n) is 14.0. The van der Waals surface area contributed by atoms with Crippen molar-refractivity contribution < 1.29 is 24.9 Å². The number of Topliss-reactive ketones (excluding diaryl/α,β-unsaturated/α-hetero) is 1. The highest BCUT2D eigenvalue weighted by Gasteiger charge is 2.83. The van der Waals surface area contributed by atoms with Crippen molar-refractivity contribution in [1.29, 1.82) is 0 Å². The van der Waals surface area contributed by atoms with Gasteiger partial charge >= 0.3 is 0 Å². The van der Waals surface area contributed by atoms with Gasteiger partial charge in [0.05, 0.1) is 11.5 Å². The fourth-order valence-electron chi connectivity index (χ4n) is 7.14. The lowest BCUT2D eigenvalue weighted by Gasteiger charge is -2.58. The first-order chi connectivity index (χ1) is 11.9. The number of phenols is 1. The maximum atomic E-state index is 12.9. The number of nitrogens with zero attached hydrogens (tertiary/aromatic N) is 1. The first kappa shape index (κ1) is 14.5. The Bertz CT molecular complexity index is 839. The normalized spacial score (nSPS) is 49.1. The number of phenolic OH excluding ortho intramolecular Hbond substituents is 1. The number of aromatic hydroxyl groups is 1. The van der Waals surface area contributed by atoms with Crippen LogP contribution >= 0.6 is 0 Å². The van der Waals surface area contributed by atoms with E-state index in [2.05, 4.69) is 4.90 Å². The van der Waals surface area contributed by atoms with Crippen LogP contribution in [0.15, 0.2) is 12.1 Å². The number of ether oxygens (including phenoxy) is 1. The van der Waals surface area contributed by atoms with Crippen LogP contribution in [0.3, 0.4) is 0 Å². The number of aliphatic hydroxyl groups is 2. The average Bonchev–Trinajstić information content (AvgIpc) is 3.16. The first-order valence-electron chi connectivity index (χ1n) is 9.09. The number of aryl methyl sites for hydroxylation is 1. The molecule has 5 unspecified atom stereocenters. The van der Waals surface area contributed by atoms with Crippen molar-refractivity contribution in [3.8, 4) is 11.5 Å². The second-order valence-corrected chi connectivity index (χ2v) is 8.46. The van der Waals surface area contributed by atoms with E-state index in [9.17, 15) is 20.1 Å². The number of piperidine rings is 1. The minimum Gasteiger partial charge on any atom is -0.504 e. The van der Waals surface area contributed by atoms with Gasteiger partial charge in [-0.05, 0) is 43.9 Å². The number of carbonyl (C=O) groups is 1. The summed E-state index contributed by atoms with van der Waals surface area (Å²) in [7, 11) is 2.02. The molecule has 3 N–H and O–H groups in total. The van der Waals surface area contributed by atoms with Crippen molar-refractivity contribution in [3.63, 3.8) is 0 Å². The second-order valence-electron chi connectivity index (χ2n) is 8.46. The number of likely N-dealkylation sites (tertiary alicyclic amines) is 1. The Hall–Kier alpha value is -1.63. The maximum absolute atomic E-state index is 12.9. The van der Waals surface area contributed by atoms with Gasteiger partial charge in [-0.25, -0.2) is 0 Å². The predicted octanol–water partition coefficient (Wildman–Crippen LogP) is 0.104. The number of aliphatic hydroxyl groups excluding tert-OH is 1. The van der Waals surface area contributed by atoms with Crippen LogP contribution in [0.4, 0.5) is 0 Å². The molecule has 1 saturated heterocycles. The molecule has 0 radical (unpaired) electrons. The fraction of sp³-hybridized carbons (Fsp3) is 0.632. The van der Waals surface area contributed by atoms with E-state index in [0.717, 1.165) is 30.4 Å². The van der Waals surface area contributed by atoms with Crippen LogP contribution in [0, 0.1) is 5.92 Å². The van der Waals surface area contributed by atoms with Gasteiger partial charge in [-0.3, -0.25) is 9.69 Å². The number of fused-ring (bicyclic) bond motifs is 2. The Morgan fingerprint density at radius 1 is 1.36 bits per heavy atom. The second kappa shape index (κ2) is 4.03. The molecule has 6 rings (SSSR count). The summed E-state index contributed by atoms with van der Waals surface area (Å²) in [5.41, 5.74) is -0.558. The van der Waals surface area contributed by atoms with Crippen molar-refractivity contribution in [1.82, 2.24) is 4.90 Å². The Morgan fingerprint density at radius 3 is 2.96 bits per heavy atom. The van der Waals surface area contributed by atoms with E-state index >= 15 is 0 Å². The standard InChI is InChI=1S/C19H21NO5/c1-20-10-4-2-8-3-5-11(21)16-15(8)18-9(10)6-13(20)19(18,24)14(23)7-12(22)17(18)25-16/h3,5,9-10,13-14,17,21,23-24H,2,4,6-7H2,1H3/t9?,10?,13-,14?,17+,18?,19?/m1/s1. The fourth-order valence-corrected chi connectivity index (χ4v) is 7.14. The summed E-state index contributed by atoms with van der Waals surface area (Å²) in [4.78, 5) is 15.1. The minimum absolute atomic E-state index is 0.0155. The van der Waals surface area contributed by atoms with Gasteiger partial charge in [-0.15, -0.1) is 0 Å². The molecular formula is C19H21NO5. The molecule has 25 heavy (non-hydrogen) atoms. The average molecular weight is 343 g/mol. The maximum Gasteiger partial charge on any atom is 0.177 e. The van der Waals surface area contributed by atoms with Crippen LogP contribution in [-0.4, -0.2) is 62.9 Å². The summed E-state index contributed by atoms with van der Waals surface area (Å²) in [6.07, 6.45) is 0.484. The van der Waals surface area contributed by atoms with E-state index in [1.807, 2.05) is 13.1 Å². The lowest BCUT2D eigenvalue weighted by atomic mass is 9.53. The highest BCUT2D eigenvalue weighted by Crippen LogP contribution is 2.71. The van der Waals surface area contributed by atoms with E-state index in [0.29, 0.717) is 5.75 Å². The number of hydrogen-bond acceptors (Lipinski definition) is 6. The van der Waals surface area contributed by atoms with Crippen LogP contribution in [0.5, 0.6) is 11.5 Å². The summed E-state index contributed by atoms with van der Waals surface area (Å²) in [6, 6.07) is 3.55. The van der Waals surface area contributed by atoms with Crippen molar-refractivity contribution in [2.75, 3.05) is 7.05 Å². The number of rotatable bonds is 0. The molecule has 3 aliphatic carbocycles. The Kier molecular flexibility index (Phi) is 2.34. The number of ketones is 1. The van der Waals surface area contributed by atoms with Crippen molar-refractivity contribution >= 4 is 5.78 Å². The van der Waals surface area contributed by atoms with Crippen LogP contribution in [0.1, 0.15) is 30.4 Å². The summed E-state index contributed by atoms with van der Waals surface area (Å²) in [5.74, 6) is 0.233. The third-order valence-electron chi connectivity index (χ3n) is 7.90. The molecule has 2 saturated carbocycles. The summed E-state index contributed by atoms with van der Waals surface area (Å²) in [6.45, 7) is 0. The molecule has 6 heteroatoms. The Balaban J connectivity index is 1.76. The molecule has 2 aliphatic heterocycles. The predicted molar refractivity (Wildman–Crippen MR) is 86.5 cm³/mol. The van der Waals surface area contributed by atoms with Gasteiger partial charge in [0.25, 0.3) is 0 Å².